The normalized spacial score (nSPS) is 21.1. The highest BCUT2D eigenvalue weighted by atomic mass is 19.1. The van der Waals surface area contributed by atoms with Gasteiger partial charge in [-0.25, -0.2) is 14.0 Å². The fourth-order valence-corrected chi connectivity index (χ4v) is 5.78. The number of halogens is 1. The van der Waals surface area contributed by atoms with E-state index in [0.717, 1.165) is 0 Å². The van der Waals surface area contributed by atoms with Crippen LogP contribution in [0.3, 0.4) is 0 Å². The third-order valence-corrected chi connectivity index (χ3v) is 7.91. The van der Waals surface area contributed by atoms with Crippen molar-refractivity contribution >= 4 is 35.4 Å². The Bertz CT molecular complexity index is 1490. The van der Waals surface area contributed by atoms with Crippen LogP contribution in [0, 0.1) is 5.82 Å². The molecule has 1 aliphatic carbocycles. The van der Waals surface area contributed by atoms with E-state index in [-0.39, 0.29) is 38.8 Å². The number of hydrogen-bond donors (Lipinski definition) is 2. The van der Waals surface area contributed by atoms with Gasteiger partial charge in [0.1, 0.15) is 24.7 Å². The Labute approximate surface area is 254 Å². The van der Waals surface area contributed by atoms with E-state index in [1.54, 1.807) is 60.9 Å². The standard InChI is InChI=1S/C31H36FN5O7/c1-30(2,3)44-29(42)35-12-11-23(16-35)37(15-19-5-7-21(32)8-6-19)26(39)17-36-18-43-31(27(36)40)24-10-9-22(34-28(41)33-4)13-20(24)14-25(31)38/h5-10,13,23H,11-12,14-18H2,1-4H3,(H2,33,34,41)/t23-,31-/m1/s1. The van der Waals surface area contributed by atoms with Crippen LogP contribution < -0.4 is 10.6 Å². The van der Waals surface area contributed by atoms with E-state index >= 15 is 0 Å². The van der Waals surface area contributed by atoms with E-state index in [0.29, 0.717) is 35.3 Å². The van der Waals surface area contributed by atoms with Crippen LogP contribution in [0.5, 0.6) is 0 Å². The average Bonchev–Trinajstić information content (AvgIpc) is 3.65. The Balaban J connectivity index is 1.34. The molecule has 1 spiro atoms. The number of Topliss-reactive ketones (excluding diaryl/α,β-unsaturated/α-hetero) is 1. The minimum absolute atomic E-state index is 0.0641. The van der Waals surface area contributed by atoms with Crippen molar-refractivity contribution in [1.82, 2.24) is 20.0 Å². The van der Waals surface area contributed by atoms with Crippen molar-refractivity contribution in [3.8, 4) is 0 Å². The van der Waals surface area contributed by atoms with Crippen molar-refractivity contribution < 1.29 is 37.8 Å². The van der Waals surface area contributed by atoms with Crippen LogP contribution in [0.1, 0.15) is 43.9 Å². The Morgan fingerprint density at radius 1 is 1.14 bits per heavy atom. The summed E-state index contributed by atoms with van der Waals surface area (Å²) in [6.07, 6.45) is -0.0594. The topological polar surface area (TPSA) is 138 Å². The molecule has 0 saturated carbocycles. The van der Waals surface area contributed by atoms with Crippen LogP contribution in [0.4, 0.5) is 19.7 Å². The molecule has 2 aromatic rings. The summed E-state index contributed by atoms with van der Waals surface area (Å²) in [5.41, 5.74) is -0.461. The molecule has 2 aromatic carbocycles. The molecule has 5 rings (SSSR count). The number of anilines is 1. The number of carbonyl (C=O) groups excluding carboxylic acids is 5. The predicted octanol–water partition coefficient (Wildman–Crippen LogP) is 2.75. The lowest BCUT2D eigenvalue weighted by Crippen LogP contribution is -2.49. The summed E-state index contributed by atoms with van der Waals surface area (Å²) in [5.74, 6) is -1.90. The van der Waals surface area contributed by atoms with Gasteiger partial charge in [0, 0.05) is 44.4 Å². The maximum absolute atomic E-state index is 13.9. The quantitative estimate of drug-likeness (QED) is 0.481. The summed E-state index contributed by atoms with van der Waals surface area (Å²) in [6.45, 7) is 5.44. The first-order chi connectivity index (χ1) is 20.8. The first kappa shape index (κ1) is 30.9. The van der Waals surface area contributed by atoms with Crippen LogP contribution in [-0.4, -0.2) is 89.5 Å². The SMILES string of the molecule is CNC(=O)Nc1ccc2c(c1)CC(=O)[C@]21OCN(CC(=O)N(Cc2ccc(F)cc2)[C@@H]2CCN(C(=O)OC(C)(C)C)C2)C1=O. The Morgan fingerprint density at radius 3 is 2.55 bits per heavy atom. The summed E-state index contributed by atoms with van der Waals surface area (Å²) < 4.78 is 25.0. The molecule has 44 heavy (non-hydrogen) atoms. The number of urea groups is 1. The van der Waals surface area contributed by atoms with Gasteiger partial charge in [0.2, 0.25) is 11.5 Å². The lowest BCUT2D eigenvalue weighted by Gasteiger charge is -2.31. The molecule has 2 N–H and O–H groups in total. The number of carbonyl (C=O) groups is 5. The summed E-state index contributed by atoms with van der Waals surface area (Å²) in [6, 6.07) is 9.76. The lowest BCUT2D eigenvalue weighted by atomic mass is 9.94. The summed E-state index contributed by atoms with van der Waals surface area (Å²) >= 11 is 0. The molecule has 2 atom stereocenters. The van der Waals surface area contributed by atoms with Crippen molar-refractivity contribution in [2.45, 2.75) is 57.4 Å². The number of nitrogens with zero attached hydrogens (tertiary/aromatic N) is 3. The Morgan fingerprint density at radius 2 is 1.86 bits per heavy atom. The fraction of sp³-hybridized carbons (Fsp3) is 0.452. The minimum Gasteiger partial charge on any atom is -0.444 e. The molecule has 0 aromatic heterocycles. The number of benzene rings is 2. The van der Waals surface area contributed by atoms with Gasteiger partial charge < -0.3 is 34.8 Å². The molecule has 2 aliphatic heterocycles. The second kappa shape index (κ2) is 11.9. The number of ether oxygens (including phenoxy) is 2. The Hall–Kier alpha value is -4.52. The smallest absolute Gasteiger partial charge is 0.410 e. The van der Waals surface area contributed by atoms with Crippen LogP contribution in [0.15, 0.2) is 42.5 Å². The molecule has 2 fully saturated rings. The number of amides is 5. The van der Waals surface area contributed by atoms with Gasteiger partial charge in [0.15, 0.2) is 5.78 Å². The summed E-state index contributed by atoms with van der Waals surface area (Å²) in [4.78, 5) is 69.7. The molecule has 13 heteroatoms. The third-order valence-electron chi connectivity index (χ3n) is 7.91. The van der Waals surface area contributed by atoms with Gasteiger partial charge in [-0.15, -0.1) is 0 Å². The Kier molecular flexibility index (Phi) is 8.34. The largest absolute Gasteiger partial charge is 0.444 e. The molecule has 0 unspecified atom stereocenters. The maximum atomic E-state index is 13.9. The maximum Gasteiger partial charge on any atom is 0.410 e. The molecule has 0 radical (unpaired) electrons. The van der Waals surface area contributed by atoms with Crippen LogP contribution in [0.2, 0.25) is 0 Å². The monoisotopic (exact) mass is 609 g/mol. The molecule has 2 saturated heterocycles. The number of hydrogen-bond acceptors (Lipinski definition) is 7. The zero-order chi connectivity index (χ0) is 31.8. The van der Waals surface area contributed by atoms with E-state index in [4.69, 9.17) is 9.47 Å². The number of likely N-dealkylation sites (tertiary alicyclic amines) is 1. The van der Waals surface area contributed by atoms with Crippen molar-refractivity contribution in [2.75, 3.05) is 38.7 Å². The number of nitrogens with one attached hydrogen (secondary N) is 2. The molecule has 3 aliphatic rings. The zero-order valence-corrected chi connectivity index (χ0v) is 25.1. The van der Waals surface area contributed by atoms with Crippen molar-refractivity contribution in [3.63, 3.8) is 0 Å². The second-order valence-electron chi connectivity index (χ2n) is 12.2. The van der Waals surface area contributed by atoms with Crippen LogP contribution >= 0.6 is 0 Å². The number of fused-ring (bicyclic) bond motifs is 2. The lowest BCUT2D eigenvalue weighted by molar-refractivity contribution is -0.149. The van der Waals surface area contributed by atoms with Crippen LogP contribution in [0.25, 0.3) is 0 Å². The predicted molar refractivity (Wildman–Crippen MR) is 156 cm³/mol. The molecule has 2 heterocycles. The third kappa shape index (κ3) is 6.09. The molecular formula is C31H36FN5O7. The highest BCUT2D eigenvalue weighted by Gasteiger charge is 2.59. The van der Waals surface area contributed by atoms with Gasteiger partial charge in [0.25, 0.3) is 5.91 Å². The van der Waals surface area contributed by atoms with Gasteiger partial charge in [-0.3, -0.25) is 14.4 Å². The minimum atomic E-state index is -1.86. The highest BCUT2D eigenvalue weighted by molar-refractivity contribution is 6.15. The second-order valence-corrected chi connectivity index (χ2v) is 12.2. The molecule has 0 bridgehead atoms. The first-order valence-corrected chi connectivity index (χ1v) is 14.4. The van der Waals surface area contributed by atoms with Crippen LogP contribution in [-0.2, 0) is 42.4 Å². The summed E-state index contributed by atoms with van der Waals surface area (Å²) in [7, 11) is 1.48. The molecule has 12 nitrogen and oxygen atoms in total. The van der Waals surface area contributed by atoms with Gasteiger partial charge in [0.05, 0.1) is 6.04 Å². The summed E-state index contributed by atoms with van der Waals surface area (Å²) in [5, 5.41) is 5.10. The van der Waals surface area contributed by atoms with E-state index in [2.05, 4.69) is 10.6 Å². The molecular weight excluding hydrogens is 573 g/mol. The highest BCUT2D eigenvalue weighted by Crippen LogP contribution is 2.43. The number of ketones is 1. The van der Waals surface area contributed by atoms with Crippen molar-refractivity contribution in [2.24, 2.45) is 0 Å². The number of rotatable bonds is 6. The van der Waals surface area contributed by atoms with Crippen molar-refractivity contribution in [3.05, 3.63) is 65.0 Å². The van der Waals surface area contributed by atoms with Gasteiger partial charge in [-0.1, -0.05) is 18.2 Å². The molecule has 5 amide bonds. The molecule has 234 valence electrons. The van der Waals surface area contributed by atoms with E-state index < -0.39 is 46.7 Å². The van der Waals surface area contributed by atoms with E-state index in [1.165, 1.54) is 24.1 Å². The average molecular weight is 610 g/mol. The van der Waals surface area contributed by atoms with Gasteiger partial charge in [-0.05, 0) is 62.6 Å². The van der Waals surface area contributed by atoms with E-state index in [9.17, 15) is 28.4 Å². The van der Waals surface area contributed by atoms with Gasteiger partial charge in [-0.2, -0.15) is 0 Å². The van der Waals surface area contributed by atoms with Crippen molar-refractivity contribution in [1.29, 1.82) is 0 Å². The fourth-order valence-electron chi connectivity index (χ4n) is 5.78. The zero-order valence-electron chi connectivity index (χ0n) is 25.1. The van der Waals surface area contributed by atoms with Gasteiger partial charge >= 0.3 is 12.1 Å². The van der Waals surface area contributed by atoms with E-state index in [1.807, 2.05) is 0 Å². The first-order valence-electron chi connectivity index (χ1n) is 14.4.